The highest BCUT2D eigenvalue weighted by atomic mass is 19.1. The average molecular weight is 481 g/mol. The number of hydrogen-bond donors (Lipinski definition) is 0. The lowest BCUT2D eigenvalue weighted by atomic mass is 9.93. The summed E-state index contributed by atoms with van der Waals surface area (Å²) in [4.78, 5) is 22.3. The van der Waals surface area contributed by atoms with Gasteiger partial charge in [0.1, 0.15) is 5.82 Å². The first-order valence-electron chi connectivity index (χ1n) is 12.7. The molecule has 0 bridgehead atoms. The Kier molecular flexibility index (Phi) is 7.22. The summed E-state index contributed by atoms with van der Waals surface area (Å²) < 4.78 is 21.8. The van der Waals surface area contributed by atoms with E-state index >= 15 is 0 Å². The van der Waals surface area contributed by atoms with Crippen LogP contribution in [0.5, 0.6) is 6.01 Å². The number of hydrogen-bond acceptors (Lipinski definition) is 6. The predicted molar refractivity (Wildman–Crippen MR) is 130 cm³/mol. The quantitative estimate of drug-likeness (QED) is 0.512. The van der Waals surface area contributed by atoms with Gasteiger partial charge in [-0.05, 0) is 69.0 Å². The minimum Gasteiger partial charge on any atom is -0.465 e. The van der Waals surface area contributed by atoms with Crippen LogP contribution in [0.15, 0.2) is 36.7 Å². The summed E-state index contributed by atoms with van der Waals surface area (Å²) in [6.07, 6.45) is 7.87. The number of likely N-dealkylation sites (tertiary alicyclic amines) is 2. The Morgan fingerprint density at radius 2 is 1.89 bits per heavy atom. The zero-order chi connectivity index (χ0) is 24.2. The molecule has 2 aliphatic rings. The van der Waals surface area contributed by atoms with Crippen molar-refractivity contribution in [3.8, 4) is 6.01 Å². The third-order valence-corrected chi connectivity index (χ3v) is 7.18. The molecule has 5 rings (SSSR count). The van der Waals surface area contributed by atoms with Gasteiger partial charge in [-0.15, -0.1) is 0 Å². The largest absolute Gasteiger partial charge is 0.465 e. The minimum absolute atomic E-state index is 0.0962. The number of fused-ring (bicyclic) bond motifs is 1. The first-order chi connectivity index (χ1) is 17.1. The first-order valence-corrected chi connectivity index (χ1v) is 12.7. The fourth-order valence-electron chi connectivity index (χ4n) is 5.31. The molecule has 9 heteroatoms. The van der Waals surface area contributed by atoms with Crippen LogP contribution in [0, 0.1) is 11.7 Å². The van der Waals surface area contributed by atoms with Crippen molar-refractivity contribution in [2.24, 2.45) is 5.92 Å². The van der Waals surface area contributed by atoms with Crippen molar-refractivity contribution in [1.82, 2.24) is 29.5 Å². The molecule has 8 nitrogen and oxygen atoms in total. The van der Waals surface area contributed by atoms with Gasteiger partial charge in [0.15, 0.2) is 0 Å². The highest BCUT2D eigenvalue weighted by molar-refractivity contribution is 5.79. The van der Waals surface area contributed by atoms with Crippen LogP contribution in [-0.2, 0) is 11.3 Å². The number of amides is 1. The lowest BCUT2D eigenvalue weighted by molar-refractivity contribution is -0.138. The van der Waals surface area contributed by atoms with E-state index in [1.807, 2.05) is 11.0 Å². The number of carbonyl (C=O) groups is 1. The van der Waals surface area contributed by atoms with Gasteiger partial charge in [-0.1, -0.05) is 6.92 Å². The molecule has 0 unspecified atom stereocenters. The van der Waals surface area contributed by atoms with Gasteiger partial charge in [0, 0.05) is 43.9 Å². The second-order valence-electron chi connectivity index (χ2n) is 9.60. The molecule has 0 aliphatic carbocycles. The first kappa shape index (κ1) is 23.7. The number of aromatic nitrogens is 4. The summed E-state index contributed by atoms with van der Waals surface area (Å²) in [5, 5.41) is 7.79. The van der Waals surface area contributed by atoms with Crippen LogP contribution >= 0.6 is 0 Å². The van der Waals surface area contributed by atoms with Gasteiger partial charge < -0.3 is 9.64 Å². The molecule has 2 fully saturated rings. The highest BCUT2D eigenvalue weighted by Gasteiger charge is 2.32. The van der Waals surface area contributed by atoms with E-state index in [1.54, 1.807) is 18.5 Å². The van der Waals surface area contributed by atoms with Crippen molar-refractivity contribution in [3.63, 3.8) is 0 Å². The second kappa shape index (κ2) is 10.7. The van der Waals surface area contributed by atoms with Gasteiger partial charge in [0.25, 0.3) is 6.01 Å². The molecule has 0 N–H and O–H groups in total. The van der Waals surface area contributed by atoms with Crippen LogP contribution in [0.2, 0.25) is 0 Å². The van der Waals surface area contributed by atoms with E-state index in [0.717, 1.165) is 75.9 Å². The fraction of sp³-hybridized carbons (Fsp3) is 0.538. The Bertz CT molecular complexity index is 1140. The SMILES string of the molecule is CCCOc1nc2cc(F)ccc2n1C1CCN(C(=O)C2CCN(Cc3ccnnc3)CC2)CC1. The molecule has 2 saturated heterocycles. The van der Waals surface area contributed by atoms with Crippen LogP contribution < -0.4 is 4.74 Å². The maximum Gasteiger partial charge on any atom is 0.297 e. The molecule has 35 heavy (non-hydrogen) atoms. The number of imidazole rings is 1. The van der Waals surface area contributed by atoms with Gasteiger partial charge in [-0.25, -0.2) is 4.39 Å². The summed E-state index contributed by atoms with van der Waals surface area (Å²) in [5.41, 5.74) is 2.66. The van der Waals surface area contributed by atoms with E-state index in [2.05, 4.69) is 31.6 Å². The van der Waals surface area contributed by atoms with Gasteiger partial charge in [-0.2, -0.15) is 15.2 Å². The number of carbonyl (C=O) groups excluding carboxylic acids is 1. The van der Waals surface area contributed by atoms with Crippen LogP contribution in [0.3, 0.4) is 0 Å². The predicted octanol–water partition coefficient (Wildman–Crippen LogP) is 3.83. The number of ether oxygens (including phenoxy) is 1. The number of benzene rings is 1. The van der Waals surface area contributed by atoms with Gasteiger partial charge in [0.2, 0.25) is 5.91 Å². The van der Waals surface area contributed by atoms with E-state index in [-0.39, 0.29) is 23.7 Å². The normalized spacial score (nSPS) is 18.3. The highest BCUT2D eigenvalue weighted by Crippen LogP contribution is 2.33. The second-order valence-corrected chi connectivity index (χ2v) is 9.60. The molecular weight excluding hydrogens is 447 g/mol. The van der Waals surface area contributed by atoms with Crippen LogP contribution in [0.25, 0.3) is 11.0 Å². The molecule has 2 aromatic heterocycles. The van der Waals surface area contributed by atoms with E-state index in [1.165, 1.54) is 12.1 Å². The molecule has 186 valence electrons. The minimum atomic E-state index is -0.298. The molecule has 0 spiro atoms. The molecule has 3 aromatic rings. The molecule has 0 saturated carbocycles. The molecule has 2 aliphatic heterocycles. The lowest BCUT2D eigenvalue weighted by Gasteiger charge is -2.37. The molecule has 0 radical (unpaired) electrons. The molecule has 1 amide bonds. The van der Waals surface area contributed by atoms with Crippen LogP contribution in [0.1, 0.15) is 50.6 Å². The van der Waals surface area contributed by atoms with E-state index in [0.29, 0.717) is 18.1 Å². The topological polar surface area (TPSA) is 76.4 Å². The number of piperidine rings is 2. The summed E-state index contributed by atoms with van der Waals surface area (Å²) >= 11 is 0. The molecular formula is C26H33FN6O2. The van der Waals surface area contributed by atoms with Gasteiger partial charge in [0.05, 0.1) is 23.8 Å². The number of halogens is 1. The smallest absolute Gasteiger partial charge is 0.297 e. The van der Waals surface area contributed by atoms with E-state index in [4.69, 9.17) is 4.74 Å². The monoisotopic (exact) mass is 480 g/mol. The van der Waals surface area contributed by atoms with Crippen LogP contribution in [0.4, 0.5) is 4.39 Å². The number of nitrogens with zero attached hydrogens (tertiary/aromatic N) is 6. The van der Waals surface area contributed by atoms with Crippen molar-refractivity contribution < 1.29 is 13.9 Å². The van der Waals surface area contributed by atoms with Crippen molar-refractivity contribution >= 4 is 16.9 Å². The Morgan fingerprint density at radius 3 is 2.60 bits per heavy atom. The summed E-state index contributed by atoms with van der Waals surface area (Å²) in [5.74, 6) is 0.0839. The van der Waals surface area contributed by atoms with Crippen LogP contribution in [-0.4, -0.2) is 68.2 Å². The van der Waals surface area contributed by atoms with Crippen molar-refractivity contribution in [3.05, 3.63) is 48.0 Å². The van der Waals surface area contributed by atoms with Crippen molar-refractivity contribution in [2.75, 3.05) is 32.8 Å². The Balaban J connectivity index is 1.18. The number of rotatable bonds is 7. The Labute approximate surface area is 205 Å². The standard InChI is InChI=1S/C26H33FN6O2/c1-2-15-35-26-30-23-16-21(27)3-4-24(23)33(26)22-8-13-32(14-9-22)25(34)20-6-11-31(12-7-20)18-19-5-10-28-29-17-19/h3-5,10,16-17,20,22H,2,6-9,11-15,18H2,1H3. The Hall–Kier alpha value is -3.07. The lowest BCUT2D eigenvalue weighted by Crippen LogP contribution is -2.45. The molecule has 0 atom stereocenters. The molecule has 1 aromatic carbocycles. The third-order valence-electron chi connectivity index (χ3n) is 7.18. The molecule has 4 heterocycles. The average Bonchev–Trinajstić information content (AvgIpc) is 3.25. The van der Waals surface area contributed by atoms with Gasteiger partial charge >= 0.3 is 0 Å². The maximum absolute atomic E-state index is 13.8. The summed E-state index contributed by atoms with van der Waals surface area (Å²) in [7, 11) is 0. The van der Waals surface area contributed by atoms with E-state index < -0.39 is 0 Å². The Morgan fingerprint density at radius 1 is 1.09 bits per heavy atom. The fourth-order valence-corrected chi connectivity index (χ4v) is 5.31. The summed E-state index contributed by atoms with van der Waals surface area (Å²) in [6, 6.07) is 7.43. The van der Waals surface area contributed by atoms with E-state index in [9.17, 15) is 9.18 Å². The van der Waals surface area contributed by atoms with Crippen molar-refractivity contribution in [2.45, 2.75) is 51.6 Å². The maximum atomic E-state index is 13.8. The van der Waals surface area contributed by atoms with Gasteiger partial charge in [-0.3, -0.25) is 14.3 Å². The third kappa shape index (κ3) is 5.29. The summed E-state index contributed by atoms with van der Waals surface area (Å²) in [6.45, 7) is 6.76. The van der Waals surface area contributed by atoms with Crippen molar-refractivity contribution in [1.29, 1.82) is 0 Å². The zero-order valence-electron chi connectivity index (χ0n) is 20.3. The zero-order valence-corrected chi connectivity index (χ0v) is 20.3.